The largest absolute Gasteiger partial charge is 0.479 e. The van der Waals surface area contributed by atoms with E-state index in [1.807, 2.05) is 36.4 Å². The molecule has 8 heteroatoms. The molecular formula is C26H26N2O6. The minimum absolute atomic E-state index is 0.0673. The van der Waals surface area contributed by atoms with Crippen molar-refractivity contribution in [2.75, 3.05) is 13.2 Å². The number of benzene rings is 2. The smallest absolute Gasteiger partial charge is 0.407 e. The van der Waals surface area contributed by atoms with Gasteiger partial charge < -0.3 is 25.2 Å². The Morgan fingerprint density at radius 1 is 1.12 bits per heavy atom. The third-order valence-corrected chi connectivity index (χ3v) is 6.10. The molecule has 1 saturated heterocycles. The number of aliphatic carboxylic acids is 1. The highest BCUT2D eigenvalue weighted by molar-refractivity contribution is 5.87. The molecule has 1 heterocycles. The molecule has 34 heavy (non-hydrogen) atoms. The molecule has 1 aliphatic carbocycles. The Hall–Kier alpha value is -3.83. The Morgan fingerprint density at radius 3 is 2.38 bits per heavy atom. The molecule has 1 aliphatic heterocycles. The summed E-state index contributed by atoms with van der Waals surface area (Å²) in [6.07, 6.45) is -1.41. The zero-order valence-electron chi connectivity index (χ0n) is 18.7. The second-order valence-electron chi connectivity index (χ2n) is 8.19. The molecule has 0 bridgehead atoms. The fraction of sp³-hybridized carbons (Fsp3) is 0.346. The van der Waals surface area contributed by atoms with E-state index in [2.05, 4.69) is 34.6 Å². The van der Waals surface area contributed by atoms with Crippen molar-refractivity contribution in [2.45, 2.75) is 43.9 Å². The van der Waals surface area contributed by atoms with Gasteiger partial charge in [-0.25, -0.2) is 9.59 Å². The summed E-state index contributed by atoms with van der Waals surface area (Å²) in [7, 11) is 0. The number of fused-ring (bicyclic) bond motifs is 3. The summed E-state index contributed by atoms with van der Waals surface area (Å²) in [5.41, 5.74) is 4.41. The maximum absolute atomic E-state index is 12.8. The Morgan fingerprint density at radius 2 is 1.76 bits per heavy atom. The molecule has 0 aromatic heterocycles. The summed E-state index contributed by atoms with van der Waals surface area (Å²) in [5, 5.41) is 14.5. The standard InChI is InChI=1S/C26H26N2O6/c1-2-3-12-22(24(29)27-21-13-14-33-23(21)25(30)31)28-26(32)34-15-20-18-10-6-4-8-16(18)17-9-5-7-11-19(17)20/h4-11,20-23H,12-15H2,1H3,(H,27,29)(H,28,32)(H,30,31)/t21-,22?,23+/m0/s1. The van der Waals surface area contributed by atoms with Gasteiger partial charge in [0.1, 0.15) is 12.6 Å². The monoisotopic (exact) mass is 462 g/mol. The van der Waals surface area contributed by atoms with E-state index >= 15 is 0 Å². The zero-order valence-corrected chi connectivity index (χ0v) is 18.7. The lowest BCUT2D eigenvalue weighted by Crippen LogP contribution is -2.52. The van der Waals surface area contributed by atoms with Gasteiger partial charge in [-0.2, -0.15) is 0 Å². The molecular weight excluding hydrogens is 436 g/mol. The lowest BCUT2D eigenvalue weighted by molar-refractivity contribution is -0.148. The first-order chi connectivity index (χ1) is 16.5. The van der Waals surface area contributed by atoms with Crippen LogP contribution in [0.5, 0.6) is 0 Å². The lowest BCUT2D eigenvalue weighted by atomic mass is 9.98. The van der Waals surface area contributed by atoms with Gasteiger partial charge in [0.05, 0.1) is 6.04 Å². The molecule has 0 saturated carbocycles. The molecule has 2 amide bonds. The number of nitrogens with one attached hydrogen (secondary N) is 2. The highest BCUT2D eigenvalue weighted by atomic mass is 16.5. The van der Waals surface area contributed by atoms with E-state index < -0.39 is 36.2 Å². The fourth-order valence-corrected chi connectivity index (χ4v) is 4.46. The molecule has 8 nitrogen and oxygen atoms in total. The van der Waals surface area contributed by atoms with Gasteiger partial charge in [0.2, 0.25) is 5.91 Å². The number of carbonyl (C=O) groups is 3. The van der Waals surface area contributed by atoms with Crippen molar-refractivity contribution in [3.05, 3.63) is 59.7 Å². The van der Waals surface area contributed by atoms with Crippen LogP contribution in [0.4, 0.5) is 4.79 Å². The SMILES string of the molecule is CC#CCC(NC(=O)OCC1c2ccccc2-c2ccccc21)C(=O)N[C@H]1CCO[C@H]1C(=O)O. The number of rotatable bonds is 7. The molecule has 3 N–H and O–H groups in total. The number of alkyl carbamates (subject to hydrolysis) is 1. The number of amides is 2. The average molecular weight is 463 g/mol. The molecule has 2 aliphatic rings. The van der Waals surface area contributed by atoms with E-state index in [1.165, 1.54) is 0 Å². The molecule has 4 rings (SSSR count). The predicted octanol–water partition coefficient (Wildman–Crippen LogP) is 2.67. The third-order valence-electron chi connectivity index (χ3n) is 6.10. The van der Waals surface area contributed by atoms with E-state index in [0.29, 0.717) is 6.42 Å². The molecule has 2 aromatic carbocycles. The second kappa shape index (κ2) is 10.4. The van der Waals surface area contributed by atoms with Crippen LogP contribution < -0.4 is 10.6 Å². The summed E-state index contributed by atoms with van der Waals surface area (Å²) < 4.78 is 10.7. The summed E-state index contributed by atoms with van der Waals surface area (Å²) >= 11 is 0. The molecule has 1 unspecified atom stereocenters. The molecule has 1 fully saturated rings. The first-order valence-corrected chi connectivity index (χ1v) is 11.2. The second-order valence-corrected chi connectivity index (χ2v) is 8.19. The van der Waals surface area contributed by atoms with Gasteiger partial charge in [-0.05, 0) is 35.6 Å². The van der Waals surface area contributed by atoms with Gasteiger partial charge in [-0.1, -0.05) is 48.5 Å². The Bertz CT molecular complexity index is 1110. The fourth-order valence-electron chi connectivity index (χ4n) is 4.46. The Kier molecular flexibility index (Phi) is 7.14. The molecule has 176 valence electrons. The zero-order chi connectivity index (χ0) is 24.1. The van der Waals surface area contributed by atoms with Crippen LogP contribution >= 0.6 is 0 Å². The molecule has 2 aromatic rings. The Balaban J connectivity index is 1.40. The van der Waals surface area contributed by atoms with Crippen LogP contribution in [-0.4, -0.2) is 54.5 Å². The molecule has 3 atom stereocenters. The van der Waals surface area contributed by atoms with Gasteiger partial charge in [-0.3, -0.25) is 4.79 Å². The quantitative estimate of drug-likeness (QED) is 0.545. The number of ether oxygens (including phenoxy) is 2. The summed E-state index contributed by atoms with van der Waals surface area (Å²) in [5.74, 6) is 3.72. The molecule has 0 radical (unpaired) electrons. The van der Waals surface area contributed by atoms with Gasteiger partial charge in [-0.15, -0.1) is 11.8 Å². The number of carbonyl (C=O) groups excluding carboxylic acids is 2. The molecule has 0 spiro atoms. The van der Waals surface area contributed by atoms with E-state index in [-0.39, 0.29) is 25.6 Å². The van der Waals surface area contributed by atoms with Gasteiger partial charge in [0, 0.05) is 18.9 Å². The van der Waals surface area contributed by atoms with Crippen molar-refractivity contribution in [3.63, 3.8) is 0 Å². The normalized spacial score (nSPS) is 19.2. The van der Waals surface area contributed by atoms with Crippen LogP contribution in [0, 0.1) is 11.8 Å². The summed E-state index contributed by atoms with van der Waals surface area (Å²) in [4.78, 5) is 36.7. The van der Waals surface area contributed by atoms with Gasteiger partial charge >= 0.3 is 12.1 Å². The van der Waals surface area contributed by atoms with Crippen LogP contribution in [0.2, 0.25) is 0 Å². The number of carboxylic acids is 1. The average Bonchev–Trinajstić information content (AvgIpc) is 3.43. The summed E-state index contributed by atoms with van der Waals surface area (Å²) in [6, 6.07) is 14.4. The van der Waals surface area contributed by atoms with Gasteiger partial charge in [0.25, 0.3) is 0 Å². The Labute approximate surface area is 197 Å². The van der Waals surface area contributed by atoms with E-state index in [4.69, 9.17) is 9.47 Å². The van der Waals surface area contributed by atoms with E-state index in [0.717, 1.165) is 22.3 Å². The van der Waals surface area contributed by atoms with Crippen molar-refractivity contribution in [1.29, 1.82) is 0 Å². The van der Waals surface area contributed by atoms with Gasteiger partial charge in [0.15, 0.2) is 6.10 Å². The number of hydrogen-bond acceptors (Lipinski definition) is 5. The highest BCUT2D eigenvalue weighted by Gasteiger charge is 2.37. The summed E-state index contributed by atoms with van der Waals surface area (Å²) in [6.45, 7) is 1.99. The number of hydrogen-bond donors (Lipinski definition) is 3. The van der Waals surface area contributed by atoms with E-state index in [1.54, 1.807) is 6.92 Å². The van der Waals surface area contributed by atoms with Crippen molar-refractivity contribution >= 4 is 18.0 Å². The van der Waals surface area contributed by atoms with Crippen molar-refractivity contribution < 1.29 is 29.0 Å². The van der Waals surface area contributed by atoms with Crippen molar-refractivity contribution in [3.8, 4) is 23.0 Å². The maximum atomic E-state index is 12.8. The minimum atomic E-state index is -1.14. The van der Waals surface area contributed by atoms with Crippen LogP contribution in [0.25, 0.3) is 11.1 Å². The predicted molar refractivity (Wildman–Crippen MR) is 124 cm³/mol. The first-order valence-electron chi connectivity index (χ1n) is 11.2. The third kappa shape index (κ3) is 4.90. The van der Waals surface area contributed by atoms with Crippen LogP contribution in [0.1, 0.15) is 36.8 Å². The van der Waals surface area contributed by atoms with Crippen molar-refractivity contribution in [2.24, 2.45) is 0 Å². The minimum Gasteiger partial charge on any atom is -0.479 e. The maximum Gasteiger partial charge on any atom is 0.407 e. The lowest BCUT2D eigenvalue weighted by Gasteiger charge is -2.21. The van der Waals surface area contributed by atoms with Crippen LogP contribution in [-0.2, 0) is 19.1 Å². The van der Waals surface area contributed by atoms with Crippen LogP contribution in [0.3, 0.4) is 0 Å². The highest BCUT2D eigenvalue weighted by Crippen LogP contribution is 2.44. The first kappa shape index (κ1) is 23.3. The number of carboxylic acid groups (broad SMARTS) is 1. The topological polar surface area (TPSA) is 114 Å². The van der Waals surface area contributed by atoms with E-state index in [9.17, 15) is 19.5 Å². The van der Waals surface area contributed by atoms with Crippen LogP contribution in [0.15, 0.2) is 48.5 Å². The van der Waals surface area contributed by atoms with Crippen molar-refractivity contribution in [1.82, 2.24) is 10.6 Å².